The quantitative estimate of drug-likeness (QED) is 0.756. The summed E-state index contributed by atoms with van der Waals surface area (Å²) in [6.07, 6.45) is 3.01. The van der Waals surface area contributed by atoms with E-state index in [-0.39, 0.29) is 6.04 Å². The second kappa shape index (κ2) is 6.75. The minimum absolute atomic E-state index is 0.0791. The van der Waals surface area contributed by atoms with Crippen molar-refractivity contribution in [2.45, 2.75) is 19.4 Å². The molecule has 1 aromatic carbocycles. The molecule has 0 fully saturated rings. The number of benzene rings is 1. The van der Waals surface area contributed by atoms with E-state index in [9.17, 15) is 0 Å². The fraction of sp³-hybridized carbons (Fsp3) is 0.500. The van der Waals surface area contributed by atoms with Gasteiger partial charge < -0.3 is 10.5 Å². The van der Waals surface area contributed by atoms with Crippen molar-refractivity contribution in [1.82, 2.24) is 0 Å². The zero-order valence-electron chi connectivity index (χ0n) is 9.40. The van der Waals surface area contributed by atoms with Crippen molar-refractivity contribution in [3.63, 3.8) is 0 Å². The van der Waals surface area contributed by atoms with Crippen molar-refractivity contribution < 1.29 is 4.74 Å². The average molecular weight is 225 g/mol. The van der Waals surface area contributed by atoms with Crippen LogP contribution >= 0.6 is 11.8 Å². The van der Waals surface area contributed by atoms with E-state index >= 15 is 0 Å². The Labute approximate surface area is 96.2 Å². The molecule has 0 aliphatic heterocycles. The van der Waals surface area contributed by atoms with Gasteiger partial charge in [0.05, 0.1) is 6.61 Å². The third-order valence-corrected chi connectivity index (χ3v) is 2.88. The molecule has 0 bridgehead atoms. The first-order valence-electron chi connectivity index (χ1n) is 5.25. The Morgan fingerprint density at radius 3 is 2.80 bits per heavy atom. The number of para-hydroxylation sites is 1. The van der Waals surface area contributed by atoms with Gasteiger partial charge in [0.2, 0.25) is 0 Å². The van der Waals surface area contributed by atoms with Crippen molar-refractivity contribution >= 4 is 11.8 Å². The molecule has 0 radical (unpaired) electrons. The first-order chi connectivity index (χ1) is 7.29. The highest BCUT2D eigenvalue weighted by Crippen LogP contribution is 2.25. The van der Waals surface area contributed by atoms with Crippen LogP contribution in [0.5, 0.6) is 5.75 Å². The minimum Gasteiger partial charge on any atom is -0.492 e. The van der Waals surface area contributed by atoms with Crippen molar-refractivity contribution in [1.29, 1.82) is 0 Å². The summed E-state index contributed by atoms with van der Waals surface area (Å²) in [6.45, 7) is 2.83. The first kappa shape index (κ1) is 12.4. The van der Waals surface area contributed by atoms with Gasteiger partial charge in [0, 0.05) is 17.4 Å². The summed E-state index contributed by atoms with van der Waals surface area (Å²) < 4.78 is 5.70. The third-order valence-electron chi connectivity index (χ3n) is 2.30. The van der Waals surface area contributed by atoms with E-state index in [2.05, 4.69) is 13.2 Å². The third kappa shape index (κ3) is 3.76. The molecule has 2 N–H and O–H groups in total. The van der Waals surface area contributed by atoms with Crippen molar-refractivity contribution in [3.05, 3.63) is 29.8 Å². The molecule has 1 rings (SSSR count). The number of rotatable bonds is 6. The second-order valence-electron chi connectivity index (χ2n) is 3.39. The van der Waals surface area contributed by atoms with Crippen LogP contribution in [0.3, 0.4) is 0 Å². The highest BCUT2D eigenvalue weighted by Gasteiger charge is 2.09. The predicted octanol–water partition coefficient (Wildman–Crippen LogP) is 2.84. The highest BCUT2D eigenvalue weighted by atomic mass is 32.2. The molecule has 0 saturated carbocycles. The molecule has 0 saturated heterocycles. The van der Waals surface area contributed by atoms with Crippen molar-refractivity contribution in [2.75, 3.05) is 18.6 Å². The number of ether oxygens (including phenoxy) is 1. The maximum atomic E-state index is 6.01. The van der Waals surface area contributed by atoms with Gasteiger partial charge in [-0.3, -0.25) is 0 Å². The minimum atomic E-state index is 0.0791. The largest absolute Gasteiger partial charge is 0.492 e. The van der Waals surface area contributed by atoms with Gasteiger partial charge in [-0.15, -0.1) is 0 Å². The Kier molecular flexibility index (Phi) is 5.58. The van der Waals surface area contributed by atoms with Crippen LogP contribution in [0.25, 0.3) is 0 Å². The van der Waals surface area contributed by atoms with Crippen LogP contribution in [0.15, 0.2) is 24.3 Å². The van der Waals surface area contributed by atoms with Gasteiger partial charge >= 0.3 is 0 Å². The van der Waals surface area contributed by atoms with E-state index < -0.39 is 0 Å². The van der Waals surface area contributed by atoms with E-state index in [1.54, 1.807) is 11.8 Å². The summed E-state index contributed by atoms with van der Waals surface area (Å²) in [6, 6.07) is 8.11. The lowest BCUT2D eigenvalue weighted by Crippen LogP contribution is -2.11. The molecule has 3 heteroatoms. The standard InChI is InChI=1S/C12H19NOS/c1-3-11(13)10-6-4-5-7-12(10)14-8-9-15-2/h4-7,11H,3,8-9,13H2,1-2H3/t11-/m0/s1. The smallest absolute Gasteiger partial charge is 0.124 e. The molecule has 0 aliphatic carbocycles. The molecule has 15 heavy (non-hydrogen) atoms. The number of thioether (sulfide) groups is 1. The summed E-state index contributed by atoms with van der Waals surface area (Å²) in [5.74, 6) is 1.94. The maximum Gasteiger partial charge on any atom is 0.124 e. The average Bonchev–Trinajstić information content (AvgIpc) is 2.29. The predicted molar refractivity (Wildman–Crippen MR) is 67.5 cm³/mol. The van der Waals surface area contributed by atoms with Crippen LogP contribution in [0.1, 0.15) is 24.9 Å². The van der Waals surface area contributed by atoms with Crippen LogP contribution in [0.2, 0.25) is 0 Å². The normalized spacial score (nSPS) is 12.5. The Hall–Kier alpha value is -0.670. The molecular formula is C12H19NOS. The molecule has 0 aliphatic rings. The summed E-state index contributed by atoms with van der Waals surface area (Å²) in [7, 11) is 0. The lowest BCUT2D eigenvalue weighted by Gasteiger charge is -2.15. The van der Waals surface area contributed by atoms with E-state index in [0.29, 0.717) is 0 Å². The zero-order chi connectivity index (χ0) is 11.1. The Bertz CT molecular complexity index is 291. The number of hydrogen-bond acceptors (Lipinski definition) is 3. The van der Waals surface area contributed by atoms with Crippen LogP contribution < -0.4 is 10.5 Å². The fourth-order valence-electron chi connectivity index (χ4n) is 1.37. The van der Waals surface area contributed by atoms with Gasteiger partial charge in [0.1, 0.15) is 5.75 Å². The monoisotopic (exact) mass is 225 g/mol. The van der Waals surface area contributed by atoms with Crippen LogP contribution in [0, 0.1) is 0 Å². The van der Waals surface area contributed by atoms with Gasteiger partial charge in [-0.25, -0.2) is 0 Å². The SMILES string of the molecule is CC[C@H](N)c1ccccc1OCCSC. The van der Waals surface area contributed by atoms with Crippen molar-refractivity contribution in [2.24, 2.45) is 5.73 Å². The summed E-state index contributed by atoms with van der Waals surface area (Å²) in [4.78, 5) is 0. The van der Waals surface area contributed by atoms with Crippen LogP contribution in [0.4, 0.5) is 0 Å². The summed E-state index contributed by atoms with van der Waals surface area (Å²) in [5.41, 5.74) is 7.13. The van der Waals surface area contributed by atoms with Gasteiger partial charge in [0.25, 0.3) is 0 Å². The molecule has 0 spiro atoms. The molecule has 1 aromatic rings. The molecule has 0 amide bonds. The van der Waals surface area contributed by atoms with E-state index in [4.69, 9.17) is 10.5 Å². The lowest BCUT2D eigenvalue weighted by molar-refractivity contribution is 0.337. The molecule has 1 atom stereocenters. The van der Waals surface area contributed by atoms with E-state index in [1.807, 2.05) is 24.3 Å². The topological polar surface area (TPSA) is 35.2 Å². The first-order valence-corrected chi connectivity index (χ1v) is 6.65. The molecule has 84 valence electrons. The molecule has 0 unspecified atom stereocenters. The van der Waals surface area contributed by atoms with Gasteiger partial charge in [-0.1, -0.05) is 25.1 Å². The number of nitrogens with two attached hydrogens (primary N) is 1. The number of hydrogen-bond donors (Lipinski definition) is 1. The maximum absolute atomic E-state index is 6.01. The molecule has 0 aromatic heterocycles. The fourth-order valence-corrected chi connectivity index (χ4v) is 1.62. The van der Waals surface area contributed by atoms with E-state index in [1.165, 1.54) is 0 Å². The lowest BCUT2D eigenvalue weighted by atomic mass is 10.0. The van der Waals surface area contributed by atoms with Crippen LogP contribution in [-0.2, 0) is 0 Å². The van der Waals surface area contributed by atoms with Gasteiger partial charge in [-0.2, -0.15) is 11.8 Å². The zero-order valence-corrected chi connectivity index (χ0v) is 10.2. The second-order valence-corrected chi connectivity index (χ2v) is 4.38. The molecule has 0 heterocycles. The Balaban J connectivity index is 2.68. The van der Waals surface area contributed by atoms with Crippen LogP contribution in [-0.4, -0.2) is 18.6 Å². The highest BCUT2D eigenvalue weighted by molar-refractivity contribution is 7.98. The molecule has 2 nitrogen and oxygen atoms in total. The Morgan fingerprint density at radius 1 is 1.40 bits per heavy atom. The Morgan fingerprint density at radius 2 is 2.13 bits per heavy atom. The molecular weight excluding hydrogens is 206 g/mol. The van der Waals surface area contributed by atoms with Gasteiger partial charge in [0.15, 0.2) is 0 Å². The van der Waals surface area contributed by atoms with Gasteiger partial charge in [-0.05, 0) is 18.7 Å². The summed E-state index contributed by atoms with van der Waals surface area (Å²) in [5, 5.41) is 0. The summed E-state index contributed by atoms with van der Waals surface area (Å²) >= 11 is 1.78. The van der Waals surface area contributed by atoms with E-state index in [0.717, 1.165) is 30.1 Å². The van der Waals surface area contributed by atoms with Crippen molar-refractivity contribution in [3.8, 4) is 5.75 Å².